The molecule has 2 heterocycles. The number of para-hydroxylation sites is 2. The molecule has 6 rings (SSSR count). The predicted octanol–water partition coefficient (Wildman–Crippen LogP) is 8.33. The molecule has 1 aliphatic heterocycles. The van der Waals surface area contributed by atoms with Crippen LogP contribution >= 0.6 is 23.4 Å². The number of amides is 2. The summed E-state index contributed by atoms with van der Waals surface area (Å²) in [6, 6.07) is 28.5. The molecule has 1 aliphatic rings. The number of halogens is 1. The van der Waals surface area contributed by atoms with Crippen molar-refractivity contribution in [1.29, 1.82) is 0 Å². The summed E-state index contributed by atoms with van der Waals surface area (Å²) in [7, 11) is 0. The lowest BCUT2D eigenvalue weighted by Gasteiger charge is -2.31. The van der Waals surface area contributed by atoms with Gasteiger partial charge in [-0.25, -0.2) is 4.79 Å². The third-order valence-corrected chi connectivity index (χ3v) is 9.09. The van der Waals surface area contributed by atoms with E-state index in [1.54, 1.807) is 11.8 Å². The molecule has 0 spiro atoms. The van der Waals surface area contributed by atoms with Gasteiger partial charge >= 0.3 is 6.09 Å². The second-order valence-electron chi connectivity index (χ2n) is 11.2. The molecule has 2 amide bonds. The summed E-state index contributed by atoms with van der Waals surface area (Å²) in [5, 5.41) is 14.9. The highest BCUT2D eigenvalue weighted by molar-refractivity contribution is 7.99. The maximum atomic E-state index is 14.2. The van der Waals surface area contributed by atoms with Gasteiger partial charge in [0.1, 0.15) is 0 Å². The van der Waals surface area contributed by atoms with Gasteiger partial charge in [-0.3, -0.25) is 4.79 Å². The van der Waals surface area contributed by atoms with Crippen LogP contribution in [-0.4, -0.2) is 33.4 Å². The summed E-state index contributed by atoms with van der Waals surface area (Å²) in [4.78, 5) is 32.1. The predicted molar refractivity (Wildman–Crippen MR) is 168 cm³/mol. The van der Waals surface area contributed by atoms with Crippen LogP contribution in [0.4, 0.5) is 10.5 Å². The van der Waals surface area contributed by atoms with Gasteiger partial charge in [-0.2, -0.15) is 0 Å². The lowest BCUT2D eigenvalue weighted by Crippen LogP contribution is -2.47. The molecule has 3 N–H and O–H groups in total. The summed E-state index contributed by atoms with van der Waals surface area (Å²) in [6.45, 7) is 4.02. The van der Waals surface area contributed by atoms with Gasteiger partial charge in [-0.1, -0.05) is 66.2 Å². The maximum Gasteiger partial charge on any atom is 0.405 e. The number of rotatable bonds is 6. The lowest BCUT2D eigenvalue weighted by atomic mass is 9.90. The molecule has 4 aromatic carbocycles. The van der Waals surface area contributed by atoms with Crippen molar-refractivity contribution in [1.82, 2.24) is 10.3 Å². The Morgan fingerprint density at radius 1 is 1.05 bits per heavy atom. The summed E-state index contributed by atoms with van der Waals surface area (Å²) < 4.78 is 0. The molecule has 5 aromatic rings. The Bertz CT molecular complexity index is 1780. The van der Waals surface area contributed by atoms with Crippen molar-refractivity contribution in [3.8, 4) is 11.1 Å². The van der Waals surface area contributed by atoms with E-state index in [1.165, 1.54) is 5.39 Å². The second kappa shape index (κ2) is 10.8. The van der Waals surface area contributed by atoms with Crippen molar-refractivity contribution in [3.05, 3.63) is 95.5 Å². The van der Waals surface area contributed by atoms with Gasteiger partial charge in [0.2, 0.25) is 5.91 Å². The number of anilines is 1. The van der Waals surface area contributed by atoms with Gasteiger partial charge in [0.05, 0.1) is 23.7 Å². The van der Waals surface area contributed by atoms with Gasteiger partial charge in [-0.05, 0) is 61.7 Å². The van der Waals surface area contributed by atoms with Gasteiger partial charge in [0.25, 0.3) is 0 Å². The van der Waals surface area contributed by atoms with E-state index in [4.69, 9.17) is 11.6 Å². The fraction of sp³-hybridized carbons (Fsp3) is 0.212. The molecular weight excluding hydrogens is 554 g/mol. The van der Waals surface area contributed by atoms with E-state index in [-0.39, 0.29) is 11.8 Å². The lowest BCUT2D eigenvalue weighted by molar-refractivity contribution is -0.122. The number of nitrogens with one attached hydrogen (secondary N) is 2. The van der Waals surface area contributed by atoms with E-state index in [9.17, 15) is 14.7 Å². The molecule has 6 nitrogen and oxygen atoms in total. The monoisotopic (exact) mass is 583 g/mol. The van der Waals surface area contributed by atoms with E-state index in [1.807, 2.05) is 55.1 Å². The molecule has 41 heavy (non-hydrogen) atoms. The Balaban J connectivity index is 1.44. The average molecular weight is 584 g/mol. The number of aromatic amines is 1. The van der Waals surface area contributed by atoms with Crippen LogP contribution in [0, 0.1) is 5.92 Å². The van der Waals surface area contributed by atoms with Crippen molar-refractivity contribution in [2.75, 3.05) is 10.7 Å². The molecule has 0 radical (unpaired) electrons. The molecule has 0 bridgehead atoms. The van der Waals surface area contributed by atoms with Crippen LogP contribution in [-0.2, 0) is 11.3 Å². The van der Waals surface area contributed by atoms with Crippen LogP contribution in [0.2, 0.25) is 5.02 Å². The van der Waals surface area contributed by atoms with E-state index < -0.39 is 11.6 Å². The molecule has 8 heteroatoms. The number of benzene rings is 4. The molecule has 208 valence electrons. The number of carbonyl (C=O) groups excluding carboxylic acids is 1. The standard InChI is InChI=1S/C33H30ClN3O3S/c1-33(2,36-32(39)40)17-22-19-41-29-15-12-21(16-28(29)37(31(22)38)18-20-10-13-23(34)14-11-20)24-7-5-8-26-25-6-3-4-9-27(25)35-30(24)26/h3-16,22,35-36H,17-19H2,1-2H3,(H,39,40)/t22-/m0/s1. The number of carboxylic acid groups (broad SMARTS) is 1. The Kier molecular flexibility index (Phi) is 7.18. The second-order valence-corrected chi connectivity index (χ2v) is 12.7. The van der Waals surface area contributed by atoms with Crippen molar-refractivity contribution >= 4 is 62.9 Å². The number of aromatic nitrogens is 1. The first-order chi connectivity index (χ1) is 19.7. The molecule has 0 fully saturated rings. The smallest absolute Gasteiger partial charge is 0.405 e. The number of hydrogen-bond acceptors (Lipinski definition) is 3. The Labute approximate surface area is 247 Å². The number of carbonyl (C=O) groups is 2. The normalized spacial score (nSPS) is 15.6. The van der Waals surface area contributed by atoms with Crippen LogP contribution in [0.1, 0.15) is 25.8 Å². The third kappa shape index (κ3) is 5.52. The minimum Gasteiger partial charge on any atom is -0.465 e. The van der Waals surface area contributed by atoms with Crippen LogP contribution in [0.15, 0.2) is 89.8 Å². The van der Waals surface area contributed by atoms with Crippen LogP contribution in [0.3, 0.4) is 0 Å². The third-order valence-electron chi connectivity index (χ3n) is 7.61. The average Bonchev–Trinajstić information content (AvgIpc) is 3.27. The van der Waals surface area contributed by atoms with Gasteiger partial charge < -0.3 is 20.3 Å². The molecule has 0 aliphatic carbocycles. The van der Waals surface area contributed by atoms with Crippen molar-refractivity contribution in [2.45, 2.75) is 37.2 Å². The molecule has 1 atom stereocenters. The van der Waals surface area contributed by atoms with Crippen LogP contribution in [0.5, 0.6) is 0 Å². The first-order valence-electron chi connectivity index (χ1n) is 13.5. The van der Waals surface area contributed by atoms with Crippen LogP contribution in [0.25, 0.3) is 32.9 Å². The van der Waals surface area contributed by atoms with Gasteiger partial charge in [0.15, 0.2) is 0 Å². The highest BCUT2D eigenvalue weighted by atomic mass is 35.5. The zero-order chi connectivity index (χ0) is 28.7. The summed E-state index contributed by atoms with van der Waals surface area (Å²) >= 11 is 7.79. The first-order valence-corrected chi connectivity index (χ1v) is 14.9. The highest BCUT2D eigenvalue weighted by Crippen LogP contribution is 2.42. The molecule has 0 saturated heterocycles. The topological polar surface area (TPSA) is 85.4 Å². The quantitative estimate of drug-likeness (QED) is 0.187. The number of thioether (sulfide) groups is 1. The molecular formula is C33H30ClN3O3S. The zero-order valence-corrected chi connectivity index (χ0v) is 24.4. The summed E-state index contributed by atoms with van der Waals surface area (Å²) in [5.41, 5.74) is 5.29. The molecule has 0 unspecified atom stereocenters. The number of hydrogen-bond donors (Lipinski definition) is 3. The largest absolute Gasteiger partial charge is 0.465 e. The maximum absolute atomic E-state index is 14.2. The zero-order valence-electron chi connectivity index (χ0n) is 22.8. The number of H-pyrrole nitrogens is 1. The van der Waals surface area contributed by atoms with E-state index in [0.717, 1.165) is 43.7 Å². The van der Waals surface area contributed by atoms with E-state index in [2.05, 4.69) is 58.8 Å². The van der Waals surface area contributed by atoms with Crippen molar-refractivity contribution < 1.29 is 14.7 Å². The van der Waals surface area contributed by atoms with Gasteiger partial charge in [0, 0.05) is 43.1 Å². The molecule has 0 saturated carbocycles. The Hall–Kier alpha value is -3.94. The minimum atomic E-state index is -1.10. The van der Waals surface area contributed by atoms with Gasteiger partial charge in [-0.15, -0.1) is 11.8 Å². The van der Waals surface area contributed by atoms with Crippen molar-refractivity contribution in [3.63, 3.8) is 0 Å². The highest BCUT2D eigenvalue weighted by Gasteiger charge is 2.35. The number of nitrogens with zero attached hydrogens (tertiary/aromatic N) is 1. The summed E-state index contributed by atoms with van der Waals surface area (Å²) in [6.07, 6.45) is -0.710. The first kappa shape index (κ1) is 27.2. The van der Waals surface area contributed by atoms with E-state index in [0.29, 0.717) is 23.7 Å². The Morgan fingerprint density at radius 3 is 2.59 bits per heavy atom. The fourth-order valence-corrected chi connectivity index (χ4v) is 7.02. The Morgan fingerprint density at radius 2 is 1.80 bits per heavy atom. The SMILES string of the molecule is CC(C)(C[C@H]1CSc2ccc(-c3cccc4c3[nH]c3ccccc34)cc2N(Cc2ccc(Cl)cc2)C1=O)NC(=O)O. The number of fused-ring (bicyclic) bond motifs is 4. The van der Waals surface area contributed by atoms with Crippen molar-refractivity contribution in [2.24, 2.45) is 5.92 Å². The minimum absolute atomic E-state index is 0.0209. The van der Waals surface area contributed by atoms with E-state index >= 15 is 0 Å². The summed E-state index contributed by atoms with van der Waals surface area (Å²) in [5.74, 6) is 0.166. The van der Waals surface area contributed by atoms with Crippen LogP contribution < -0.4 is 10.2 Å². The molecule has 1 aromatic heterocycles. The fourth-order valence-electron chi connectivity index (χ4n) is 5.77.